The summed E-state index contributed by atoms with van der Waals surface area (Å²) < 4.78 is 0. The molecule has 0 amide bonds. The molecule has 0 N–H and O–H groups in total. The van der Waals surface area contributed by atoms with Gasteiger partial charge >= 0.3 is 0 Å². The molecule has 0 fully saturated rings. The van der Waals surface area contributed by atoms with Crippen LogP contribution in [0.5, 0.6) is 0 Å². The van der Waals surface area contributed by atoms with Gasteiger partial charge in [-0.05, 0) is 35.4 Å². The van der Waals surface area contributed by atoms with Crippen molar-refractivity contribution in [2.45, 2.75) is 0 Å². The van der Waals surface area contributed by atoms with Gasteiger partial charge in [-0.2, -0.15) is 0 Å². The van der Waals surface area contributed by atoms with E-state index in [1.54, 1.807) is 36.4 Å². The van der Waals surface area contributed by atoms with Crippen molar-refractivity contribution in [2.24, 2.45) is 0 Å². The first-order valence-electron chi connectivity index (χ1n) is 6.40. The van der Waals surface area contributed by atoms with Crippen molar-refractivity contribution in [3.8, 4) is 0 Å². The Morgan fingerprint density at radius 3 is 1.23 bits per heavy atom. The van der Waals surface area contributed by atoms with Gasteiger partial charge in [0.15, 0.2) is 0 Å². The van der Waals surface area contributed by atoms with Crippen LogP contribution in [0.2, 0.25) is 0 Å². The Labute approximate surface area is 126 Å². The molecule has 0 aliphatic carbocycles. The van der Waals surface area contributed by atoms with Gasteiger partial charge in [0.05, 0.1) is 9.85 Å². The fraction of sp³-hybridized carbons (Fsp3) is 0. The lowest BCUT2D eigenvalue weighted by atomic mass is 10.1. The molecule has 2 rings (SSSR count). The topological polar surface area (TPSA) is 86.3 Å². The van der Waals surface area contributed by atoms with E-state index < -0.39 is 9.85 Å². The highest BCUT2D eigenvalue weighted by atomic mass is 16.6. The van der Waals surface area contributed by atoms with Gasteiger partial charge in [0.25, 0.3) is 11.4 Å². The lowest BCUT2D eigenvalue weighted by molar-refractivity contribution is -0.385. The van der Waals surface area contributed by atoms with Gasteiger partial charge in [-0.3, -0.25) is 20.2 Å². The summed E-state index contributed by atoms with van der Waals surface area (Å²) in [4.78, 5) is 20.2. The number of nitro groups is 2. The molecule has 110 valence electrons. The first kappa shape index (κ1) is 15.1. The van der Waals surface area contributed by atoms with Crippen molar-refractivity contribution in [2.75, 3.05) is 0 Å². The van der Waals surface area contributed by atoms with E-state index in [1.807, 2.05) is 12.2 Å². The molecule has 0 saturated heterocycles. The van der Waals surface area contributed by atoms with Crippen molar-refractivity contribution in [1.82, 2.24) is 0 Å². The lowest BCUT2D eigenvalue weighted by Gasteiger charge is -1.93. The molecule has 0 saturated carbocycles. The number of hydrogen-bond donors (Lipinski definition) is 0. The molecule has 0 unspecified atom stereocenters. The molecule has 0 aliphatic heterocycles. The third kappa shape index (κ3) is 4.11. The normalized spacial score (nSPS) is 11.1. The molecular formula is C16H12N2O4. The predicted molar refractivity (Wildman–Crippen MR) is 84.3 cm³/mol. The maximum atomic E-state index is 10.5. The summed E-state index contributed by atoms with van der Waals surface area (Å²) >= 11 is 0. The standard InChI is InChI=1S/C16H12N2O4/c19-17(20)15-9-5-13(6-10-15)3-1-2-4-14-7-11-16(12-8-14)18(21)22/h1-12H. The van der Waals surface area contributed by atoms with Crippen LogP contribution in [-0.2, 0) is 0 Å². The molecule has 6 nitrogen and oxygen atoms in total. The van der Waals surface area contributed by atoms with Crippen LogP contribution in [0.3, 0.4) is 0 Å². The molecule has 0 aliphatic rings. The largest absolute Gasteiger partial charge is 0.269 e. The second-order valence-corrected chi connectivity index (χ2v) is 4.42. The van der Waals surface area contributed by atoms with Crippen molar-refractivity contribution in [3.63, 3.8) is 0 Å². The molecular weight excluding hydrogens is 284 g/mol. The SMILES string of the molecule is O=[N+]([O-])c1ccc(C=CC=Cc2ccc([N+](=O)[O-])cc2)cc1. The van der Waals surface area contributed by atoms with E-state index >= 15 is 0 Å². The van der Waals surface area contributed by atoms with Crippen LogP contribution in [0.25, 0.3) is 12.2 Å². The van der Waals surface area contributed by atoms with Gasteiger partial charge < -0.3 is 0 Å². The van der Waals surface area contributed by atoms with E-state index in [0.29, 0.717) is 0 Å². The Morgan fingerprint density at radius 2 is 0.955 bits per heavy atom. The Balaban J connectivity index is 1.99. The molecule has 0 aromatic heterocycles. The van der Waals surface area contributed by atoms with Crippen molar-refractivity contribution < 1.29 is 9.85 Å². The van der Waals surface area contributed by atoms with E-state index in [1.165, 1.54) is 24.3 Å². The fourth-order valence-corrected chi connectivity index (χ4v) is 1.75. The Kier molecular flexibility index (Phi) is 4.77. The number of allylic oxidation sites excluding steroid dienone is 2. The van der Waals surface area contributed by atoms with E-state index in [0.717, 1.165) is 11.1 Å². The molecule has 0 radical (unpaired) electrons. The minimum absolute atomic E-state index is 0.0542. The van der Waals surface area contributed by atoms with Crippen LogP contribution in [0.1, 0.15) is 11.1 Å². The van der Waals surface area contributed by atoms with E-state index in [-0.39, 0.29) is 11.4 Å². The van der Waals surface area contributed by atoms with Gasteiger partial charge in [0.2, 0.25) is 0 Å². The highest BCUT2D eigenvalue weighted by molar-refractivity contribution is 5.58. The summed E-state index contributed by atoms with van der Waals surface area (Å²) in [5, 5.41) is 21.1. The smallest absolute Gasteiger partial charge is 0.258 e. The minimum atomic E-state index is -0.442. The van der Waals surface area contributed by atoms with Crippen molar-refractivity contribution in [3.05, 3.63) is 92.0 Å². The number of non-ortho nitro benzene ring substituents is 2. The monoisotopic (exact) mass is 296 g/mol. The maximum absolute atomic E-state index is 10.5. The van der Waals surface area contributed by atoms with Crippen LogP contribution in [0.4, 0.5) is 11.4 Å². The van der Waals surface area contributed by atoms with Gasteiger partial charge in [-0.1, -0.05) is 24.3 Å². The summed E-state index contributed by atoms with van der Waals surface area (Å²) in [7, 11) is 0. The number of rotatable bonds is 5. The van der Waals surface area contributed by atoms with Crippen LogP contribution < -0.4 is 0 Å². The maximum Gasteiger partial charge on any atom is 0.269 e. The highest BCUT2D eigenvalue weighted by Gasteiger charge is 2.02. The molecule has 0 heterocycles. The second kappa shape index (κ2) is 6.94. The summed E-state index contributed by atoms with van der Waals surface area (Å²) in [6, 6.07) is 12.4. The van der Waals surface area contributed by atoms with Crippen LogP contribution in [-0.4, -0.2) is 9.85 Å². The molecule has 0 atom stereocenters. The van der Waals surface area contributed by atoms with E-state index in [2.05, 4.69) is 0 Å². The predicted octanol–water partition coefficient (Wildman–Crippen LogP) is 4.23. The fourth-order valence-electron chi connectivity index (χ4n) is 1.75. The summed E-state index contributed by atoms with van der Waals surface area (Å²) in [5.41, 5.74) is 1.80. The Morgan fingerprint density at radius 1 is 0.636 bits per heavy atom. The highest BCUT2D eigenvalue weighted by Crippen LogP contribution is 2.14. The molecule has 6 heteroatoms. The molecule has 0 bridgehead atoms. The van der Waals surface area contributed by atoms with Crippen LogP contribution >= 0.6 is 0 Å². The number of benzene rings is 2. The lowest BCUT2D eigenvalue weighted by Crippen LogP contribution is -1.86. The zero-order chi connectivity index (χ0) is 15.9. The average molecular weight is 296 g/mol. The summed E-state index contributed by atoms with van der Waals surface area (Å²) in [6.45, 7) is 0. The van der Waals surface area contributed by atoms with Gasteiger partial charge in [0, 0.05) is 24.3 Å². The Hall–Kier alpha value is -3.28. The Bertz CT molecular complexity index is 666. The van der Waals surface area contributed by atoms with Crippen molar-refractivity contribution >= 4 is 23.5 Å². The third-order valence-corrected chi connectivity index (χ3v) is 2.90. The minimum Gasteiger partial charge on any atom is -0.258 e. The molecule has 22 heavy (non-hydrogen) atoms. The summed E-state index contributed by atoms with van der Waals surface area (Å²) in [5.74, 6) is 0. The van der Waals surface area contributed by atoms with Crippen LogP contribution in [0.15, 0.2) is 60.7 Å². The zero-order valence-electron chi connectivity index (χ0n) is 11.5. The van der Waals surface area contributed by atoms with E-state index in [4.69, 9.17) is 0 Å². The number of nitro benzene ring substituents is 2. The number of nitrogens with zero attached hydrogens (tertiary/aromatic N) is 2. The van der Waals surface area contributed by atoms with E-state index in [9.17, 15) is 20.2 Å². The van der Waals surface area contributed by atoms with Gasteiger partial charge in [0.1, 0.15) is 0 Å². The van der Waals surface area contributed by atoms with Crippen molar-refractivity contribution in [1.29, 1.82) is 0 Å². The van der Waals surface area contributed by atoms with Gasteiger partial charge in [-0.15, -0.1) is 0 Å². The summed E-state index contributed by atoms with van der Waals surface area (Å²) in [6.07, 6.45) is 7.21. The number of hydrogen-bond acceptors (Lipinski definition) is 4. The quantitative estimate of drug-likeness (QED) is 0.469. The average Bonchev–Trinajstić information content (AvgIpc) is 2.52. The van der Waals surface area contributed by atoms with Crippen LogP contribution in [0, 0.1) is 20.2 Å². The molecule has 2 aromatic rings. The molecule has 0 spiro atoms. The zero-order valence-corrected chi connectivity index (χ0v) is 11.5. The molecule has 2 aromatic carbocycles. The first-order chi connectivity index (χ1) is 10.6. The second-order valence-electron chi connectivity index (χ2n) is 4.42. The first-order valence-corrected chi connectivity index (χ1v) is 6.40. The van der Waals surface area contributed by atoms with Gasteiger partial charge in [-0.25, -0.2) is 0 Å². The third-order valence-electron chi connectivity index (χ3n) is 2.90.